The molecule has 1 radical (unpaired) electrons. The standard InChI is InChI=1S/C19H28O2.C6H15Si/c1-18-9-7-13(20)11-12(18)3-4-14-15-5-6-17(21)19(15,2)10-8-16(14)18;1-6(2,3)7(4)5/h11,14-17,21H,3-10H2,1-2H3;1-5H3/t14-,15-,16-,17-,18-,19-;/m0./s1. The summed E-state index contributed by atoms with van der Waals surface area (Å²) < 4.78 is 0. The number of hydrogen-bond acceptors (Lipinski definition) is 2. The van der Waals surface area contributed by atoms with Gasteiger partial charge in [-0.05, 0) is 84.6 Å². The summed E-state index contributed by atoms with van der Waals surface area (Å²) in [6, 6.07) is 0. The van der Waals surface area contributed by atoms with Crippen molar-refractivity contribution in [2.75, 3.05) is 0 Å². The van der Waals surface area contributed by atoms with Gasteiger partial charge in [-0.1, -0.05) is 53.3 Å². The van der Waals surface area contributed by atoms with Crippen LogP contribution in [0.15, 0.2) is 11.6 Å². The lowest BCUT2D eigenvalue weighted by Crippen LogP contribution is -2.51. The van der Waals surface area contributed by atoms with E-state index in [1.165, 1.54) is 31.3 Å². The Labute approximate surface area is 175 Å². The molecule has 4 rings (SSSR count). The fourth-order valence-electron chi connectivity index (χ4n) is 6.53. The van der Waals surface area contributed by atoms with Gasteiger partial charge in [-0.3, -0.25) is 4.79 Å². The Morgan fingerprint density at radius 3 is 2.25 bits per heavy atom. The highest BCUT2D eigenvalue weighted by Crippen LogP contribution is 2.65. The van der Waals surface area contributed by atoms with E-state index in [-0.39, 0.29) is 25.7 Å². The fourth-order valence-corrected chi connectivity index (χ4v) is 6.53. The van der Waals surface area contributed by atoms with Crippen molar-refractivity contribution in [3.63, 3.8) is 0 Å². The van der Waals surface area contributed by atoms with Crippen LogP contribution in [-0.2, 0) is 4.79 Å². The first-order valence-electron chi connectivity index (χ1n) is 11.6. The smallest absolute Gasteiger partial charge is 0.155 e. The first-order valence-corrected chi connectivity index (χ1v) is 14.1. The average molecular weight is 404 g/mol. The molecule has 28 heavy (non-hydrogen) atoms. The van der Waals surface area contributed by atoms with Crippen LogP contribution in [-0.4, -0.2) is 25.8 Å². The second-order valence-electron chi connectivity index (χ2n) is 11.9. The Morgan fingerprint density at radius 2 is 1.64 bits per heavy atom. The molecule has 3 heteroatoms. The topological polar surface area (TPSA) is 37.3 Å². The Hall–Kier alpha value is -0.413. The van der Waals surface area contributed by atoms with E-state index in [9.17, 15) is 9.90 Å². The molecular formula is C25H43O2Si. The Kier molecular flexibility index (Phi) is 6.12. The summed E-state index contributed by atoms with van der Waals surface area (Å²) in [7, 11) is -0.0502. The maximum atomic E-state index is 11.8. The van der Waals surface area contributed by atoms with Crippen molar-refractivity contribution in [2.24, 2.45) is 28.6 Å². The molecular weight excluding hydrogens is 360 g/mol. The van der Waals surface area contributed by atoms with E-state index in [2.05, 4.69) is 47.7 Å². The van der Waals surface area contributed by atoms with E-state index < -0.39 is 0 Å². The molecule has 0 saturated heterocycles. The molecule has 0 amide bonds. The molecule has 0 aromatic heterocycles. The van der Waals surface area contributed by atoms with Crippen molar-refractivity contribution in [2.45, 2.75) is 110 Å². The van der Waals surface area contributed by atoms with Crippen LogP contribution in [0.2, 0.25) is 18.1 Å². The zero-order valence-corrected chi connectivity index (χ0v) is 20.4. The van der Waals surface area contributed by atoms with Crippen LogP contribution in [0.4, 0.5) is 0 Å². The van der Waals surface area contributed by atoms with Crippen LogP contribution < -0.4 is 0 Å². The monoisotopic (exact) mass is 403 g/mol. The molecule has 0 bridgehead atoms. The first kappa shape index (κ1) is 22.3. The zero-order chi connectivity index (χ0) is 20.9. The lowest BCUT2D eigenvalue weighted by Gasteiger charge is -2.57. The van der Waals surface area contributed by atoms with Crippen molar-refractivity contribution in [1.82, 2.24) is 0 Å². The number of ketones is 1. The van der Waals surface area contributed by atoms with Gasteiger partial charge in [-0.15, -0.1) is 0 Å². The summed E-state index contributed by atoms with van der Waals surface area (Å²) in [6.45, 7) is 16.4. The van der Waals surface area contributed by atoms with Gasteiger partial charge < -0.3 is 5.11 Å². The van der Waals surface area contributed by atoms with Crippen LogP contribution >= 0.6 is 0 Å². The maximum absolute atomic E-state index is 11.8. The Morgan fingerprint density at radius 1 is 1.00 bits per heavy atom. The highest BCUT2D eigenvalue weighted by molar-refractivity contribution is 6.59. The van der Waals surface area contributed by atoms with Gasteiger partial charge in [0.05, 0.1) is 6.10 Å². The minimum Gasteiger partial charge on any atom is -0.393 e. The van der Waals surface area contributed by atoms with Crippen molar-refractivity contribution < 1.29 is 9.90 Å². The largest absolute Gasteiger partial charge is 0.393 e. The van der Waals surface area contributed by atoms with Crippen LogP contribution in [0, 0.1) is 28.6 Å². The van der Waals surface area contributed by atoms with Gasteiger partial charge >= 0.3 is 0 Å². The predicted octanol–water partition coefficient (Wildman–Crippen LogP) is 6.42. The number of rotatable bonds is 0. The molecule has 159 valence electrons. The van der Waals surface area contributed by atoms with Crippen LogP contribution in [0.3, 0.4) is 0 Å². The van der Waals surface area contributed by atoms with Crippen LogP contribution in [0.5, 0.6) is 0 Å². The first-order chi connectivity index (χ1) is 12.9. The molecule has 1 N–H and O–H groups in total. The van der Waals surface area contributed by atoms with Gasteiger partial charge in [0.15, 0.2) is 5.78 Å². The predicted molar refractivity (Wildman–Crippen MR) is 120 cm³/mol. The summed E-state index contributed by atoms with van der Waals surface area (Å²) in [4.78, 5) is 11.8. The van der Waals surface area contributed by atoms with E-state index in [1.807, 2.05) is 6.08 Å². The molecule has 0 unspecified atom stereocenters. The third kappa shape index (κ3) is 3.83. The molecule has 0 aliphatic heterocycles. The lowest BCUT2D eigenvalue weighted by molar-refractivity contribution is -0.118. The number of hydrogen-bond donors (Lipinski definition) is 1. The highest BCUT2D eigenvalue weighted by atomic mass is 28.3. The molecule has 3 saturated carbocycles. The van der Waals surface area contributed by atoms with Crippen molar-refractivity contribution in [3.05, 3.63) is 11.6 Å². The third-order valence-electron chi connectivity index (χ3n) is 9.41. The SMILES string of the molecule is C[C@]12CC[C@H]3[C@@H](CCC4=CC(=O)CC[C@@]43C)[C@@H]1CC[C@@H]2O.C[Si](C)C(C)(C)C. The molecule has 3 fully saturated rings. The number of aliphatic hydroxyl groups is 1. The van der Waals surface area contributed by atoms with E-state index in [0.29, 0.717) is 16.7 Å². The third-order valence-corrected chi connectivity index (χ3v) is 12.4. The molecule has 0 heterocycles. The Balaban J connectivity index is 0.000000279. The zero-order valence-electron chi connectivity index (χ0n) is 19.4. The maximum Gasteiger partial charge on any atom is 0.155 e. The van der Waals surface area contributed by atoms with E-state index in [1.54, 1.807) is 0 Å². The number of carbonyl (C=O) groups excluding carboxylic acids is 1. The molecule has 0 aromatic carbocycles. The van der Waals surface area contributed by atoms with E-state index in [4.69, 9.17) is 0 Å². The quantitative estimate of drug-likeness (QED) is 0.474. The number of fused-ring (bicyclic) bond motifs is 5. The molecule has 0 spiro atoms. The summed E-state index contributed by atoms with van der Waals surface area (Å²) in [5, 5.41) is 11.1. The molecule has 2 nitrogen and oxygen atoms in total. The Bertz CT molecular complexity index is 631. The second kappa shape index (κ2) is 7.69. The second-order valence-corrected chi connectivity index (χ2v) is 15.4. The minimum atomic E-state index is -0.0823. The van der Waals surface area contributed by atoms with Gasteiger partial charge in [0.2, 0.25) is 0 Å². The summed E-state index contributed by atoms with van der Waals surface area (Å²) in [5.74, 6) is 2.57. The van der Waals surface area contributed by atoms with Gasteiger partial charge in [0.25, 0.3) is 0 Å². The van der Waals surface area contributed by atoms with Crippen molar-refractivity contribution in [3.8, 4) is 0 Å². The van der Waals surface area contributed by atoms with E-state index >= 15 is 0 Å². The number of carbonyl (C=O) groups is 1. The van der Waals surface area contributed by atoms with E-state index in [0.717, 1.165) is 37.5 Å². The van der Waals surface area contributed by atoms with Crippen LogP contribution in [0.25, 0.3) is 0 Å². The summed E-state index contributed by atoms with van der Waals surface area (Å²) >= 11 is 0. The van der Waals surface area contributed by atoms with Gasteiger partial charge in [0, 0.05) is 15.2 Å². The number of aliphatic hydroxyl groups excluding tert-OH is 1. The van der Waals surface area contributed by atoms with Gasteiger partial charge in [0.1, 0.15) is 0 Å². The van der Waals surface area contributed by atoms with Crippen molar-refractivity contribution >= 4 is 14.6 Å². The molecule has 6 atom stereocenters. The minimum absolute atomic E-state index is 0.0502. The average Bonchev–Trinajstić information content (AvgIpc) is 2.90. The van der Waals surface area contributed by atoms with Gasteiger partial charge in [-0.25, -0.2) is 0 Å². The number of allylic oxidation sites excluding steroid dienone is 1. The van der Waals surface area contributed by atoms with Gasteiger partial charge in [-0.2, -0.15) is 0 Å². The molecule has 4 aliphatic carbocycles. The normalized spacial score (nSPS) is 42.8. The van der Waals surface area contributed by atoms with Crippen molar-refractivity contribution in [1.29, 1.82) is 0 Å². The lowest BCUT2D eigenvalue weighted by atomic mass is 9.47. The molecule has 0 aromatic rings. The fraction of sp³-hybridized carbons (Fsp3) is 0.880. The summed E-state index contributed by atoms with van der Waals surface area (Å²) in [6.07, 6.45) is 10.7. The van der Waals surface area contributed by atoms with Crippen LogP contribution in [0.1, 0.15) is 86.0 Å². The molecule has 4 aliphatic rings. The highest BCUT2D eigenvalue weighted by Gasteiger charge is 2.58. The summed E-state index contributed by atoms with van der Waals surface area (Å²) in [5.41, 5.74) is 1.89.